The smallest absolute Gasteiger partial charge is 0.0240 e. The number of unbranched alkanes of at least 4 members (excludes halogenated alkanes) is 3. The summed E-state index contributed by atoms with van der Waals surface area (Å²) in [4.78, 5) is 0. The minimum atomic E-state index is 0.123. The highest BCUT2D eigenvalue weighted by Gasteiger charge is 2.42. The second-order valence-corrected chi connectivity index (χ2v) is 8.16. The van der Waals surface area contributed by atoms with Gasteiger partial charge in [0, 0.05) is 18.3 Å². The molecule has 0 heteroatoms. The van der Waals surface area contributed by atoms with Gasteiger partial charge in [0.15, 0.2) is 0 Å². The van der Waals surface area contributed by atoms with Crippen LogP contribution in [-0.2, 0) is 0 Å². The number of hydrogen-bond acceptors (Lipinski definition) is 0. The largest absolute Gasteiger partial charge is 0.120 e. The van der Waals surface area contributed by atoms with Crippen molar-refractivity contribution >= 4 is 6.08 Å². The third-order valence-corrected chi connectivity index (χ3v) is 6.52. The second kappa shape index (κ2) is 7.61. The second-order valence-electron chi connectivity index (χ2n) is 8.16. The zero-order valence-corrected chi connectivity index (χ0v) is 16.2. The Kier molecular flexibility index (Phi) is 5.04. The lowest BCUT2D eigenvalue weighted by molar-refractivity contribution is 0.300. The van der Waals surface area contributed by atoms with E-state index in [0.717, 1.165) is 12.8 Å². The van der Waals surface area contributed by atoms with Crippen molar-refractivity contribution in [1.29, 1.82) is 0 Å². The van der Waals surface area contributed by atoms with E-state index in [1.807, 2.05) is 0 Å². The van der Waals surface area contributed by atoms with Crippen LogP contribution in [0.4, 0.5) is 0 Å². The van der Waals surface area contributed by atoms with Gasteiger partial charge in [-0.25, -0.2) is 0 Å². The van der Waals surface area contributed by atoms with E-state index in [0.29, 0.717) is 11.8 Å². The number of terminal acetylenes is 1. The zero-order valence-electron chi connectivity index (χ0n) is 16.2. The van der Waals surface area contributed by atoms with Crippen LogP contribution in [0.2, 0.25) is 0 Å². The normalized spacial score (nSPS) is 24.0. The predicted octanol–water partition coefficient (Wildman–Crippen LogP) is 7.00. The molecule has 0 heterocycles. The van der Waals surface area contributed by atoms with Crippen LogP contribution < -0.4 is 0 Å². The highest BCUT2D eigenvalue weighted by atomic mass is 14.5. The first-order valence-corrected chi connectivity index (χ1v) is 10.2. The zero-order chi connectivity index (χ0) is 18.7. The van der Waals surface area contributed by atoms with Gasteiger partial charge in [0.25, 0.3) is 0 Å². The molecule has 0 nitrogen and oxygen atoms in total. The van der Waals surface area contributed by atoms with E-state index in [1.165, 1.54) is 36.0 Å². The molecule has 1 aromatic rings. The molecule has 0 saturated carbocycles. The maximum Gasteiger partial charge on any atom is 0.0240 e. The summed E-state index contributed by atoms with van der Waals surface area (Å²) in [5.41, 5.74) is 5.99. The first-order chi connectivity index (χ1) is 13.2. The van der Waals surface area contributed by atoms with Crippen molar-refractivity contribution in [3.8, 4) is 12.3 Å². The molecule has 0 aromatic heterocycles. The maximum absolute atomic E-state index is 5.43. The van der Waals surface area contributed by atoms with Crippen LogP contribution in [0.3, 0.4) is 0 Å². The van der Waals surface area contributed by atoms with Crippen LogP contribution in [0.25, 0.3) is 6.08 Å². The van der Waals surface area contributed by atoms with Crippen LogP contribution in [0.15, 0.2) is 77.9 Å². The number of rotatable bonds is 7. The van der Waals surface area contributed by atoms with Gasteiger partial charge in [0.05, 0.1) is 0 Å². The summed E-state index contributed by atoms with van der Waals surface area (Å²) in [6.45, 7) is 2.49. The Labute approximate surface area is 164 Å². The molecule has 0 saturated heterocycles. The molecule has 3 atom stereocenters. The molecule has 0 aliphatic heterocycles. The van der Waals surface area contributed by atoms with Gasteiger partial charge in [-0.2, -0.15) is 0 Å². The van der Waals surface area contributed by atoms with Crippen LogP contribution >= 0.6 is 0 Å². The molecule has 0 bridgehead atoms. The average molecular weight is 353 g/mol. The maximum atomic E-state index is 5.43. The van der Waals surface area contributed by atoms with E-state index in [4.69, 9.17) is 6.42 Å². The van der Waals surface area contributed by atoms with E-state index in [9.17, 15) is 0 Å². The molecule has 3 aliphatic rings. The van der Waals surface area contributed by atoms with Gasteiger partial charge in [-0.1, -0.05) is 98.2 Å². The SMILES string of the molecule is C#CCCCCCC(C)(C1=CC=C2C=CC=CC21)C1C=Cc2ccccc21. The molecule has 3 unspecified atom stereocenters. The molecule has 1 aromatic carbocycles. The van der Waals surface area contributed by atoms with Crippen molar-refractivity contribution in [2.24, 2.45) is 11.3 Å². The van der Waals surface area contributed by atoms with E-state index in [-0.39, 0.29) is 5.41 Å². The first-order valence-electron chi connectivity index (χ1n) is 10.2. The summed E-state index contributed by atoms with van der Waals surface area (Å²) >= 11 is 0. The Hall–Kier alpha value is -2.52. The number of hydrogen-bond donors (Lipinski definition) is 0. The van der Waals surface area contributed by atoms with Crippen molar-refractivity contribution in [3.63, 3.8) is 0 Å². The van der Waals surface area contributed by atoms with Crippen LogP contribution in [0.1, 0.15) is 56.1 Å². The van der Waals surface area contributed by atoms with Gasteiger partial charge in [-0.05, 0) is 35.0 Å². The fourth-order valence-electron chi connectivity index (χ4n) is 5.01. The van der Waals surface area contributed by atoms with Gasteiger partial charge < -0.3 is 0 Å². The molecule has 3 aliphatic carbocycles. The lowest BCUT2D eigenvalue weighted by Gasteiger charge is -2.40. The summed E-state index contributed by atoms with van der Waals surface area (Å²) < 4.78 is 0. The van der Waals surface area contributed by atoms with Crippen molar-refractivity contribution in [1.82, 2.24) is 0 Å². The predicted molar refractivity (Wildman–Crippen MR) is 116 cm³/mol. The molecule has 0 spiro atoms. The molecule has 0 amide bonds. The standard InChI is InChI=1S/C27H28/c1-3-4-5-6-11-20-27(2,25-18-16-21-12-7-9-14-23(21)25)26-19-17-22-13-8-10-15-24(22)26/h1,7-10,12-19,23,26H,4-6,11,20H2,2H3. The summed E-state index contributed by atoms with van der Waals surface area (Å²) in [6.07, 6.45) is 29.6. The Morgan fingerprint density at radius 2 is 1.89 bits per heavy atom. The quantitative estimate of drug-likeness (QED) is 0.366. The third kappa shape index (κ3) is 3.28. The number of allylic oxidation sites excluding steroid dienone is 9. The lowest BCUT2D eigenvalue weighted by atomic mass is 9.63. The molecule has 0 fully saturated rings. The van der Waals surface area contributed by atoms with Crippen LogP contribution in [0.5, 0.6) is 0 Å². The Morgan fingerprint density at radius 1 is 1.00 bits per heavy atom. The molecule has 0 N–H and O–H groups in total. The minimum absolute atomic E-state index is 0.123. The highest BCUT2D eigenvalue weighted by molar-refractivity contribution is 5.64. The molecular formula is C27H28. The molecule has 27 heavy (non-hydrogen) atoms. The third-order valence-electron chi connectivity index (χ3n) is 6.52. The summed E-state index contributed by atoms with van der Waals surface area (Å²) in [7, 11) is 0. The monoisotopic (exact) mass is 352 g/mol. The molecule has 136 valence electrons. The average Bonchev–Trinajstić information content (AvgIpc) is 3.32. The number of fused-ring (bicyclic) bond motifs is 2. The van der Waals surface area contributed by atoms with E-state index >= 15 is 0 Å². The van der Waals surface area contributed by atoms with Crippen molar-refractivity contribution in [2.75, 3.05) is 0 Å². The Balaban J connectivity index is 1.63. The summed E-state index contributed by atoms with van der Waals surface area (Å²) in [5, 5.41) is 0. The van der Waals surface area contributed by atoms with Gasteiger partial charge in [0.2, 0.25) is 0 Å². The summed E-state index contributed by atoms with van der Waals surface area (Å²) in [5.74, 6) is 3.66. The Bertz CT molecular complexity index is 896. The summed E-state index contributed by atoms with van der Waals surface area (Å²) in [6, 6.07) is 8.89. The lowest BCUT2D eigenvalue weighted by Crippen LogP contribution is -2.29. The van der Waals surface area contributed by atoms with Crippen molar-refractivity contribution < 1.29 is 0 Å². The van der Waals surface area contributed by atoms with Gasteiger partial charge in [-0.15, -0.1) is 12.3 Å². The van der Waals surface area contributed by atoms with Gasteiger partial charge >= 0.3 is 0 Å². The van der Waals surface area contributed by atoms with Crippen LogP contribution in [0, 0.1) is 23.7 Å². The van der Waals surface area contributed by atoms with Crippen LogP contribution in [-0.4, -0.2) is 0 Å². The van der Waals surface area contributed by atoms with Crippen molar-refractivity contribution in [3.05, 3.63) is 89.1 Å². The number of benzene rings is 1. The molecule has 4 rings (SSSR count). The van der Waals surface area contributed by atoms with E-state index in [1.54, 1.807) is 5.57 Å². The van der Waals surface area contributed by atoms with Gasteiger partial charge in [-0.3, -0.25) is 0 Å². The topological polar surface area (TPSA) is 0 Å². The fraction of sp³-hybridized carbons (Fsp3) is 0.333. The van der Waals surface area contributed by atoms with Gasteiger partial charge in [0.1, 0.15) is 0 Å². The highest BCUT2D eigenvalue weighted by Crippen LogP contribution is 2.55. The van der Waals surface area contributed by atoms with Crippen molar-refractivity contribution in [2.45, 2.75) is 44.9 Å². The first kappa shape index (κ1) is 17.9. The molecule has 0 radical (unpaired) electrons. The molecular weight excluding hydrogens is 324 g/mol. The minimum Gasteiger partial charge on any atom is -0.120 e. The van der Waals surface area contributed by atoms with E-state index in [2.05, 4.69) is 85.7 Å². The van der Waals surface area contributed by atoms with E-state index < -0.39 is 0 Å². The fourth-order valence-corrected chi connectivity index (χ4v) is 5.01. The Morgan fingerprint density at radius 3 is 2.78 bits per heavy atom.